The van der Waals surface area contributed by atoms with E-state index in [4.69, 9.17) is 11.6 Å². The van der Waals surface area contributed by atoms with Gasteiger partial charge in [0.2, 0.25) is 11.7 Å². The largest absolute Gasteiger partial charge is 0.356 e. The molecule has 2 aromatic carbocycles. The van der Waals surface area contributed by atoms with E-state index >= 15 is 0 Å². The van der Waals surface area contributed by atoms with E-state index in [1.807, 2.05) is 52.9 Å². The molecule has 0 fully saturated rings. The molecule has 166 valence electrons. The molecule has 1 N–H and O–H groups in total. The van der Waals surface area contributed by atoms with Gasteiger partial charge >= 0.3 is 0 Å². The molecular weight excluding hydrogens is 426 g/mol. The minimum absolute atomic E-state index is 0.0458. The summed E-state index contributed by atoms with van der Waals surface area (Å²) >= 11 is 5.91. The van der Waals surface area contributed by atoms with Crippen LogP contribution < -0.4 is 10.9 Å². The smallest absolute Gasteiger partial charge is 0.262 e. The van der Waals surface area contributed by atoms with E-state index < -0.39 is 0 Å². The molecule has 0 atom stereocenters. The normalized spacial score (nSPS) is 11.5. The second-order valence-electron chi connectivity index (χ2n) is 8.30. The van der Waals surface area contributed by atoms with Crippen LogP contribution >= 0.6 is 11.6 Å². The lowest BCUT2D eigenvalue weighted by atomic mass is 10.1. The summed E-state index contributed by atoms with van der Waals surface area (Å²) in [5.74, 6) is 1.42. The summed E-state index contributed by atoms with van der Waals surface area (Å²) in [7, 11) is 0. The molecular formula is C24H26ClN5O2. The first-order valence-electron chi connectivity index (χ1n) is 10.8. The van der Waals surface area contributed by atoms with Crippen LogP contribution in [0.5, 0.6) is 0 Å². The Morgan fingerprint density at radius 3 is 2.56 bits per heavy atom. The molecule has 0 unspecified atom stereocenters. The third-order valence-electron chi connectivity index (χ3n) is 5.35. The van der Waals surface area contributed by atoms with Gasteiger partial charge in [-0.05, 0) is 42.2 Å². The van der Waals surface area contributed by atoms with E-state index in [1.54, 1.807) is 4.57 Å². The quantitative estimate of drug-likeness (QED) is 0.443. The van der Waals surface area contributed by atoms with E-state index in [-0.39, 0.29) is 17.4 Å². The molecule has 0 aliphatic heterocycles. The van der Waals surface area contributed by atoms with E-state index in [2.05, 4.69) is 29.4 Å². The van der Waals surface area contributed by atoms with Crippen molar-refractivity contribution in [2.24, 2.45) is 5.92 Å². The van der Waals surface area contributed by atoms with Crippen molar-refractivity contribution in [2.75, 3.05) is 6.54 Å². The molecule has 0 aliphatic carbocycles. The number of amides is 1. The summed E-state index contributed by atoms with van der Waals surface area (Å²) in [4.78, 5) is 25.4. The highest BCUT2D eigenvalue weighted by atomic mass is 35.5. The number of fused-ring (bicyclic) bond motifs is 3. The molecule has 2 aromatic heterocycles. The van der Waals surface area contributed by atoms with Crippen molar-refractivity contribution in [3.8, 4) is 0 Å². The number of hydrogen-bond acceptors (Lipinski definition) is 4. The van der Waals surface area contributed by atoms with Crippen molar-refractivity contribution in [2.45, 2.75) is 39.7 Å². The van der Waals surface area contributed by atoms with Crippen LogP contribution in [-0.4, -0.2) is 31.6 Å². The predicted octanol–water partition coefficient (Wildman–Crippen LogP) is 3.65. The summed E-state index contributed by atoms with van der Waals surface area (Å²) in [6.45, 7) is 5.22. The Labute approximate surface area is 191 Å². The summed E-state index contributed by atoms with van der Waals surface area (Å²) < 4.78 is 3.58. The zero-order chi connectivity index (χ0) is 22.7. The van der Waals surface area contributed by atoms with Gasteiger partial charge in [-0.2, -0.15) is 0 Å². The van der Waals surface area contributed by atoms with Crippen LogP contribution in [0.1, 0.15) is 31.7 Å². The van der Waals surface area contributed by atoms with E-state index in [1.165, 1.54) is 0 Å². The maximum absolute atomic E-state index is 13.0. The fraction of sp³-hybridized carbons (Fsp3) is 0.333. The first kappa shape index (κ1) is 22.0. The number of carbonyl (C=O) groups is 1. The molecule has 32 heavy (non-hydrogen) atoms. The molecule has 0 bridgehead atoms. The lowest BCUT2D eigenvalue weighted by Gasteiger charge is -2.13. The molecule has 0 radical (unpaired) electrons. The average Bonchev–Trinajstić information content (AvgIpc) is 3.20. The highest BCUT2D eigenvalue weighted by molar-refractivity contribution is 6.30. The Morgan fingerprint density at radius 2 is 1.81 bits per heavy atom. The molecule has 0 spiro atoms. The van der Waals surface area contributed by atoms with Crippen LogP contribution in [-0.2, 0) is 24.2 Å². The van der Waals surface area contributed by atoms with Crippen LogP contribution in [0, 0.1) is 5.92 Å². The topological polar surface area (TPSA) is 81.3 Å². The number of benzene rings is 2. The van der Waals surface area contributed by atoms with Gasteiger partial charge in [0.1, 0.15) is 5.82 Å². The molecule has 7 nitrogen and oxygen atoms in total. The average molecular weight is 452 g/mol. The SMILES string of the molecule is CC(C)Cn1c(=O)c2ccccc2n2c(CCC(=O)NCCc3ccc(Cl)cc3)nnc12. The maximum atomic E-state index is 13.0. The second-order valence-corrected chi connectivity index (χ2v) is 8.74. The van der Waals surface area contributed by atoms with Gasteiger partial charge in [0.25, 0.3) is 5.56 Å². The Balaban J connectivity index is 1.51. The number of halogens is 1. The van der Waals surface area contributed by atoms with Gasteiger partial charge in [-0.1, -0.05) is 49.7 Å². The first-order valence-corrected chi connectivity index (χ1v) is 11.2. The standard InChI is InChI=1S/C24H26ClN5O2/c1-16(2)15-29-23(32)19-5-3-4-6-20(19)30-21(27-28-24(29)30)11-12-22(31)26-14-13-17-7-9-18(25)10-8-17/h3-10,16H,11-15H2,1-2H3,(H,26,31). The van der Waals surface area contributed by atoms with Crippen molar-refractivity contribution in [1.29, 1.82) is 0 Å². The third kappa shape index (κ3) is 4.67. The number of hydrogen-bond donors (Lipinski definition) is 1. The highest BCUT2D eigenvalue weighted by Gasteiger charge is 2.17. The molecule has 0 saturated carbocycles. The number of para-hydroxylation sites is 1. The molecule has 4 aromatic rings. The Morgan fingerprint density at radius 1 is 1.06 bits per heavy atom. The Bertz CT molecular complexity index is 1310. The van der Waals surface area contributed by atoms with Crippen LogP contribution in [0.4, 0.5) is 0 Å². The molecule has 8 heteroatoms. The van der Waals surface area contributed by atoms with Gasteiger partial charge in [-0.3, -0.25) is 18.6 Å². The van der Waals surface area contributed by atoms with E-state index in [0.717, 1.165) is 17.5 Å². The lowest BCUT2D eigenvalue weighted by molar-refractivity contribution is -0.121. The van der Waals surface area contributed by atoms with Crippen molar-refractivity contribution < 1.29 is 4.79 Å². The van der Waals surface area contributed by atoms with Crippen LogP contribution in [0.3, 0.4) is 0 Å². The number of nitrogens with one attached hydrogen (secondary N) is 1. The number of aryl methyl sites for hydroxylation is 1. The van der Waals surface area contributed by atoms with Crippen LogP contribution in [0.2, 0.25) is 5.02 Å². The summed E-state index contributed by atoms with van der Waals surface area (Å²) in [5, 5.41) is 12.9. The minimum atomic E-state index is -0.0688. The second kappa shape index (κ2) is 9.53. The van der Waals surface area contributed by atoms with Crippen LogP contribution in [0.25, 0.3) is 16.7 Å². The Hall–Kier alpha value is -3.19. The molecule has 2 heterocycles. The highest BCUT2D eigenvalue weighted by Crippen LogP contribution is 2.16. The Kier molecular flexibility index (Phi) is 6.55. The van der Waals surface area contributed by atoms with Gasteiger partial charge in [0.05, 0.1) is 10.9 Å². The maximum Gasteiger partial charge on any atom is 0.262 e. The molecule has 0 aliphatic rings. The van der Waals surface area contributed by atoms with E-state index in [9.17, 15) is 9.59 Å². The molecule has 0 saturated heterocycles. The zero-order valence-electron chi connectivity index (χ0n) is 18.2. The lowest BCUT2D eigenvalue weighted by Crippen LogP contribution is -2.27. The number of rotatable bonds is 8. The fourth-order valence-corrected chi connectivity index (χ4v) is 3.94. The monoisotopic (exact) mass is 451 g/mol. The van der Waals surface area contributed by atoms with E-state index in [0.29, 0.717) is 47.9 Å². The third-order valence-corrected chi connectivity index (χ3v) is 5.60. The van der Waals surface area contributed by atoms with Gasteiger partial charge in [0.15, 0.2) is 0 Å². The summed E-state index contributed by atoms with van der Waals surface area (Å²) in [5.41, 5.74) is 1.81. The number of carbonyl (C=O) groups excluding carboxylic acids is 1. The summed E-state index contributed by atoms with van der Waals surface area (Å²) in [6.07, 6.45) is 1.46. The van der Waals surface area contributed by atoms with Crippen LogP contribution in [0.15, 0.2) is 53.3 Å². The zero-order valence-corrected chi connectivity index (χ0v) is 19.0. The van der Waals surface area contributed by atoms with Gasteiger partial charge < -0.3 is 5.32 Å². The van der Waals surface area contributed by atoms with Gasteiger partial charge in [0, 0.05) is 31.0 Å². The fourth-order valence-electron chi connectivity index (χ4n) is 3.82. The summed E-state index contributed by atoms with van der Waals surface area (Å²) in [6, 6.07) is 15.1. The van der Waals surface area contributed by atoms with Crippen molar-refractivity contribution >= 4 is 34.2 Å². The number of nitrogens with zero attached hydrogens (tertiary/aromatic N) is 4. The van der Waals surface area contributed by atoms with Gasteiger partial charge in [-0.25, -0.2) is 0 Å². The number of aromatic nitrogens is 4. The molecule has 1 amide bonds. The minimum Gasteiger partial charge on any atom is -0.356 e. The predicted molar refractivity (Wildman–Crippen MR) is 126 cm³/mol. The molecule has 4 rings (SSSR count). The van der Waals surface area contributed by atoms with Crippen molar-refractivity contribution in [3.05, 3.63) is 75.3 Å². The van der Waals surface area contributed by atoms with Crippen molar-refractivity contribution in [1.82, 2.24) is 24.5 Å². The van der Waals surface area contributed by atoms with Gasteiger partial charge in [-0.15, -0.1) is 10.2 Å². The first-order chi connectivity index (χ1) is 15.4. The van der Waals surface area contributed by atoms with Crippen molar-refractivity contribution in [3.63, 3.8) is 0 Å².